The van der Waals surface area contributed by atoms with Crippen LogP contribution in [0.2, 0.25) is 5.02 Å². The van der Waals surface area contributed by atoms with E-state index in [9.17, 15) is 22.8 Å². The normalized spacial score (nSPS) is 17.5. The Morgan fingerprint density at radius 1 is 0.861 bits per heavy atom. The molecule has 1 fully saturated rings. The second-order valence-electron chi connectivity index (χ2n) is 8.93. The Balaban J connectivity index is 1.60. The molecule has 0 bridgehead atoms. The summed E-state index contributed by atoms with van der Waals surface area (Å²) in [7, 11) is 0. The minimum absolute atomic E-state index is 0.0402. The average molecular weight is 516 g/mol. The smallest absolute Gasteiger partial charge is 0.255 e. The van der Waals surface area contributed by atoms with Crippen LogP contribution in [0.3, 0.4) is 0 Å². The van der Waals surface area contributed by atoms with Gasteiger partial charge in [-0.2, -0.15) is 0 Å². The van der Waals surface area contributed by atoms with Crippen molar-refractivity contribution in [1.82, 2.24) is 4.90 Å². The highest BCUT2D eigenvalue weighted by Crippen LogP contribution is 2.29. The van der Waals surface area contributed by atoms with Crippen molar-refractivity contribution >= 4 is 29.1 Å². The summed E-state index contributed by atoms with van der Waals surface area (Å²) >= 11 is 6.44. The average Bonchev–Trinajstić information content (AvgIpc) is 2.84. The molecule has 4 rings (SSSR count). The van der Waals surface area contributed by atoms with E-state index < -0.39 is 29.3 Å². The largest absolute Gasteiger partial charge is 0.331 e. The summed E-state index contributed by atoms with van der Waals surface area (Å²) < 4.78 is 40.9. The molecule has 0 saturated heterocycles. The van der Waals surface area contributed by atoms with E-state index in [1.165, 1.54) is 24.3 Å². The Bertz CT molecular complexity index is 1240. The molecule has 0 atom stereocenters. The highest BCUT2D eigenvalue weighted by atomic mass is 35.5. The molecule has 3 N–H and O–H groups in total. The van der Waals surface area contributed by atoms with Gasteiger partial charge in [-0.3, -0.25) is 9.59 Å². The summed E-state index contributed by atoms with van der Waals surface area (Å²) in [6, 6.07) is 12.5. The third-order valence-corrected chi connectivity index (χ3v) is 6.67. The second kappa shape index (κ2) is 11.1. The minimum atomic E-state index is -0.840. The molecule has 0 heterocycles. The van der Waals surface area contributed by atoms with Gasteiger partial charge in [-0.25, -0.2) is 13.2 Å². The quantitative estimate of drug-likeness (QED) is 0.428. The fraction of sp³-hybridized carbons (Fsp3) is 0.259. The van der Waals surface area contributed by atoms with Gasteiger partial charge >= 0.3 is 0 Å². The van der Waals surface area contributed by atoms with Gasteiger partial charge < -0.3 is 16.0 Å². The van der Waals surface area contributed by atoms with E-state index in [1.54, 1.807) is 23.1 Å². The van der Waals surface area contributed by atoms with E-state index in [4.69, 9.17) is 17.3 Å². The van der Waals surface area contributed by atoms with Crippen molar-refractivity contribution in [3.05, 3.63) is 99.8 Å². The minimum Gasteiger partial charge on any atom is -0.331 e. The van der Waals surface area contributed by atoms with Crippen LogP contribution in [-0.2, 0) is 6.54 Å². The van der Waals surface area contributed by atoms with E-state index >= 15 is 0 Å². The molecular weight excluding hydrogens is 491 g/mol. The van der Waals surface area contributed by atoms with Crippen LogP contribution in [0.4, 0.5) is 18.9 Å². The van der Waals surface area contributed by atoms with Crippen LogP contribution < -0.4 is 11.1 Å². The van der Waals surface area contributed by atoms with Gasteiger partial charge in [-0.15, -0.1) is 0 Å². The molecule has 0 aliphatic heterocycles. The number of hydrogen-bond donors (Lipinski definition) is 2. The Morgan fingerprint density at radius 3 is 2.14 bits per heavy atom. The maximum atomic E-state index is 13.9. The third kappa shape index (κ3) is 6.25. The number of carbonyl (C=O) groups is 2. The van der Waals surface area contributed by atoms with E-state index in [0.29, 0.717) is 48.0 Å². The third-order valence-electron chi connectivity index (χ3n) is 6.30. The van der Waals surface area contributed by atoms with E-state index in [2.05, 4.69) is 5.32 Å². The van der Waals surface area contributed by atoms with Gasteiger partial charge in [-0.05, 0) is 85.8 Å². The number of anilines is 1. The molecule has 1 saturated carbocycles. The summed E-state index contributed by atoms with van der Waals surface area (Å²) in [5.74, 6) is -3.09. The molecule has 36 heavy (non-hydrogen) atoms. The molecule has 0 unspecified atom stereocenters. The second-order valence-corrected chi connectivity index (χ2v) is 9.33. The van der Waals surface area contributed by atoms with Crippen LogP contribution in [0.15, 0.2) is 60.7 Å². The zero-order chi connectivity index (χ0) is 25.8. The topological polar surface area (TPSA) is 75.4 Å². The van der Waals surface area contributed by atoms with E-state index in [1.807, 2.05) is 0 Å². The first-order valence-electron chi connectivity index (χ1n) is 11.6. The molecular formula is C27H25ClF3N3O2. The van der Waals surface area contributed by atoms with Crippen LogP contribution in [0, 0.1) is 17.5 Å². The van der Waals surface area contributed by atoms with Gasteiger partial charge in [0.25, 0.3) is 11.8 Å². The van der Waals surface area contributed by atoms with Crippen LogP contribution in [0.25, 0.3) is 0 Å². The van der Waals surface area contributed by atoms with Crippen LogP contribution in [0.1, 0.15) is 52.0 Å². The number of halogens is 4. The molecule has 0 radical (unpaired) electrons. The lowest BCUT2D eigenvalue weighted by atomic mass is 9.90. The standard InChI is InChI=1S/C27H25ClF3N3O2/c28-25-10-7-23(33-26(35)16-1-3-19(29)4-2-16)13-18(25)15-34(24-8-5-22(32)6-9-24)27(36)17-11-20(30)14-21(31)12-17/h1-4,7,10-14,22,24H,5-6,8-9,15,32H2,(H,33,35). The molecule has 3 aromatic carbocycles. The molecule has 1 aliphatic carbocycles. The molecule has 0 aromatic heterocycles. The van der Waals surface area contributed by atoms with Gasteiger partial charge in [0, 0.05) is 46.5 Å². The van der Waals surface area contributed by atoms with Crippen LogP contribution >= 0.6 is 11.6 Å². The predicted molar refractivity (Wildman–Crippen MR) is 132 cm³/mol. The van der Waals surface area contributed by atoms with Gasteiger partial charge in [-0.1, -0.05) is 11.6 Å². The van der Waals surface area contributed by atoms with Gasteiger partial charge in [0.15, 0.2) is 0 Å². The summed E-state index contributed by atoms with van der Waals surface area (Å²) in [6.07, 6.45) is 2.72. The number of amides is 2. The molecule has 188 valence electrons. The lowest BCUT2D eigenvalue weighted by molar-refractivity contribution is 0.0605. The van der Waals surface area contributed by atoms with Crippen LogP contribution in [-0.4, -0.2) is 28.8 Å². The number of benzene rings is 3. The number of rotatable bonds is 6. The zero-order valence-electron chi connectivity index (χ0n) is 19.3. The van der Waals surface area contributed by atoms with E-state index in [0.717, 1.165) is 12.1 Å². The lowest BCUT2D eigenvalue weighted by Crippen LogP contribution is -2.44. The maximum absolute atomic E-state index is 13.9. The monoisotopic (exact) mass is 515 g/mol. The molecule has 9 heteroatoms. The lowest BCUT2D eigenvalue weighted by Gasteiger charge is -2.36. The number of nitrogens with zero attached hydrogens (tertiary/aromatic N) is 1. The number of nitrogens with two attached hydrogens (primary N) is 1. The number of hydrogen-bond acceptors (Lipinski definition) is 3. The van der Waals surface area contributed by atoms with Crippen molar-refractivity contribution in [2.75, 3.05) is 5.32 Å². The van der Waals surface area contributed by atoms with Gasteiger partial charge in [0.1, 0.15) is 17.5 Å². The molecule has 1 aliphatic rings. The highest BCUT2D eigenvalue weighted by molar-refractivity contribution is 6.31. The molecule has 2 amide bonds. The van der Waals surface area contributed by atoms with Crippen LogP contribution in [0.5, 0.6) is 0 Å². The summed E-state index contributed by atoms with van der Waals surface area (Å²) in [5.41, 5.74) is 7.19. The predicted octanol–water partition coefficient (Wildman–Crippen LogP) is 5.92. The maximum Gasteiger partial charge on any atom is 0.255 e. The summed E-state index contributed by atoms with van der Waals surface area (Å²) in [5, 5.41) is 3.11. The first kappa shape index (κ1) is 25.7. The first-order valence-corrected chi connectivity index (χ1v) is 12.0. The van der Waals surface area contributed by atoms with Crippen molar-refractivity contribution < 1.29 is 22.8 Å². The number of nitrogens with one attached hydrogen (secondary N) is 1. The van der Waals surface area contributed by atoms with Crippen molar-refractivity contribution in [2.45, 2.75) is 44.3 Å². The van der Waals surface area contributed by atoms with Crippen molar-refractivity contribution in [3.8, 4) is 0 Å². The highest BCUT2D eigenvalue weighted by Gasteiger charge is 2.29. The Kier molecular flexibility index (Phi) is 7.96. The fourth-order valence-corrected chi connectivity index (χ4v) is 4.56. The van der Waals surface area contributed by atoms with Crippen molar-refractivity contribution in [1.29, 1.82) is 0 Å². The number of carbonyl (C=O) groups excluding carboxylic acids is 2. The Morgan fingerprint density at radius 2 is 1.50 bits per heavy atom. The first-order chi connectivity index (χ1) is 17.2. The van der Waals surface area contributed by atoms with Gasteiger partial charge in [0.05, 0.1) is 0 Å². The Hall–Kier alpha value is -3.36. The summed E-state index contributed by atoms with van der Waals surface area (Å²) in [6.45, 7) is 0.0654. The summed E-state index contributed by atoms with van der Waals surface area (Å²) in [4.78, 5) is 27.6. The zero-order valence-corrected chi connectivity index (χ0v) is 20.1. The Labute approximate surface area is 212 Å². The molecule has 0 spiro atoms. The fourth-order valence-electron chi connectivity index (χ4n) is 4.38. The van der Waals surface area contributed by atoms with Crippen molar-refractivity contribution in [3.63, 3.8) is 0 Å². The molecule has 3 aromatic rings. The van der Waals surface area contributed by atoms with Gasteiger partial charge in [0.2, 0.25) is 0 Å². The van der Waals surface area contributed by atoms with Crippen molar-refractivity contribution in [2.24, 2.45) is 5.73 Å². The van der Waals surface area contributed by atoms with E-state index in [-0.39, 0.29) is 29.8 Å². The molecule has 5 nitrogen and oxygen atoms in total. The SMILES string of the molecule is NC1CCC(N(Cc2cc(NC(=O)c3ccc(F)cc3)ccc2Cl)C(=O)c2cc(F)cc(F)c2)CC1.